The molecular formula is C20H25Cl2N5O3S. The third-order valence-electron chi connectivity index (χ3n) is 4.59. The number of H-pyrrole nitrogens is 2. The number of imidazole rings is 1. The summed E-state index contributed by atoms with van der Waals surface area (Å²) in [5, 5.41) is 3.16. The molecule has 0 radical (unpaired) electrons. The van der Waals surface area contributed by atoms with E-state index in [4.69, 9.17) is 9.47 Å². The van der Waals surface area contributed by atoms with Gasteiger partial charge in [-0.25, -0.2) is 9.97 Å². The summed E-state index contributed by atoms with van der Waals surface area (Å²) in [5.41, 5.74) is 3.62. The molecule has 0 spiro atoms. The molecule has 31 heavy (non-hydrogen) atoms. The average Bonchev–Trinajstić information content (AvgIpc) is 3.14. The molecule has 3 N–H and O–H groups in total. The van der Waals surface area contributed by atoms with E-state index >= 15 is 0 Å². The van der Waals surface area contributed by atoms with Gasteiger partial charge in [-0.15, -0.1) is 24.8 Å². The van der Waals surface area contributed by atoms with Crippen molar-refractivity contribution in [1.29, 1.82) is 0 Å². The third kappa shape index (κ3) is 6.56. The SMILES string of the molecule is Cc1[nH]cnc1CSCCNc1ncc(Cc2ccc3c(c2)OCCO3)c(=O)[nH]1.Cl.Cl. The van der Waals surface area contributed by atoms with Crippen LogP contribution in [-0.4, -0.2) is 45.4 Å². The highest BCUT2D eigenvalue weighted by Crippen LogP contribution is 2.31. The van der Waals surface area contributed by atoms with E-state index in [-0.39, 0.29) is 30.4 Å². The van der Waals surface area contributed by atoms with Gasteiger partial charge in [0.1, 0.15) is 13.2 Å². The number of aromatic amines is 2. The normalized spacial score (nSPS) is 11.9. The zero-order chi connectivity index (χ0) is 20.1. The van der Waals surface area contributed by atoms with Crippen LogP contribution in [0.3, 0.4) is 0 Å². The van der Waals surface area contributed by atoms with Gasteiger partial charge in [0.25, 0.3) is 5.56 Å². The van der Waals surface area contributed by atoms with Crippen LogP contribution in [0.1, 0.15) is 22.5 Å². The maximum atomic E-state index is 12.4. The molecule has 168 valence electrons. The first kappa shape index (κ1) is 24.9. The van der Waals surface area contributed by atoms with Crippen LogP contribution in [-0.2, 0) is 12.2 Å². The summed E-state index contributed by atoms with van der Waals surface area (Å²) in [6.07, 6.45) is 3.82. The van der Waals surface area contributed by atoms with E-state index in [0.29, 0.717) is 37.7 Å². The number of thioether (sulfide) groups is 1. The Hall–Kier alpha value is -2.36. The highest BCUT2D eigenvalue weighted by atomic mass is 35.5. The van der Waals surface area contributed by atoms with Gasteiger partial charge in [-0.05, 0) is 24.6 Å². The van der Waals surface area contributed by atoms with E-state index in [9.17, 15) is 4.79 Å². The Labute approximate surface area is 196 Å². The number of fused-ring (bicyclic) bond motifs is 1. The van der Waals surface area contributed by atoms with Crippen molar-refractivity contribution in [1.82, 2.24) is 19.9 Å². The Kier molecular flexibility index (Phi) is 9.54. The molecule has 0 atom stereocenters. The van der Waals surface area contributed by atoms with Crippen molar-refractivity contribution in [3.8, 4) is 11.5 Å². The van der Waals surface area contributed by atoms with Crippen LogP contribution in [0.2, 0.25) is 0 Å². The summed E-state index contributed by atoms with van der Waals surface area (Å²) >= 11 is 1.78. The number of benzene rings is 1. The standard InChI is InChI=1S/C20H23N5O3S.2ClH/c1-13-16(24-12-23-13)11-29-7-4-21-20-22-10-15(19(26)25-20)8-14-2-3-17-18(9-14)28-6-5-27-17;;/h2-3,9-10,12H,4-8,11H2,1H3,(H,23,24)(H2,21,22,25,26);2*1H. The molecule has 1 aliphatic heterocycles. The average molecular weight is 486 g/mol. The maximum absolute atomic E-state index is 12.4. The lowest BCUT2D eigenvalue weighted by Gasteiger charge is -2.18. The fourth-order valence-corrected chi connectivity index (χ4v) is 3.87. The summed E-state index contributed by atoms with van der Waals surface area (Å²) in [4.78, 5) is 26.9. The second-order valence-corrected chi connectivity index (χ2v) is 7.80. The molecular weight excluding hydrogens is 461 g/mol. The zero-order valence-electron chi connectivity index (χ0n) is 17.0. The number of aryl methyl sites for hydroxylation is 1. The first-order valence-electron chi connectivity index (χ1n) is 9.46. The van der Waals surface area contributed by atoms with Gasteiger partial charge < -0.3 is 19.8 Å². The number of rotatable bonds is 8. The van der Waals surface area contributed by atoms with Crippen molar-refractivity contribution in [2.75, 3.05) is 30.8 Å². The quantitative estimate of drug-likeness (QED) is 0.420. The van der Waals surface area contributed by atoms with Crippen LogP contribution in [0, 0.1) is 6.92 Å². The van der Waals surface area contributed by atoms with Gasteiger partial charge in [0, 0.05) is 41.9 Å². The number of nitrogens with zero attached hydrogens (tertiary/aromatic N) is 2. The molecule has 3 aromatic rings. The molecule has 8 nitrogen and oxygen atoms in total. The van der Waals surface area contributed by atoms with Gasteiger partial charge in [-0.2, -0.15) is 11.8 Å². The topological polar surface area (TPSA) is 105 Å². The molecule has 0 saturated heterocycles. The van der Waals surface area contributed by atoms with Gasteiger partial charge in [-0.1, -0.05) is 6.07 Å². The van der Waals surface area contributed by atoms with E-state index in [1.807, 2.05) is 25.1 Å². The molecule has 1 aromatic carbocycles. The van der Waals surface area contributed by atoms with Crippen LogP contribution in [0.25, 0.3) is 0 Å². The van der Waals surface area contributed by atoms with Crippen molar-refractivity contribution in [3.63, 3.8) is 0 Å². The van der Waals surface area contributed by atoms with Crippen LogP contribution >= 0.6 is 36.6 Å². The summed E-state index contributed by atoms with van der Waals surface area (Å²) in [6, 6.07) is 5.74. The zero-order valence-corrected chi connectivity index (χ0v) is 19.4. The van der Waals surface area contributed by atoms with Crippen molar-refractivity contribution >= 4 is 42.5 Å². The number of hydrogen-bond donors (Lipinski definition) is 3. The number of halogens is 2. The Bertz CT molecular complexity index is 1040. The molecule has 1 aliphatic rings. The van der Waals surface area contributed by atoms with E-state index in [0.717, 1.165) is 40.0 Å². The van der Waals surface area contributed by atoms with E-state index < -0.39 is 0 Å². The fourth-order valence-electron chi connectivity index (χ4n) is 3.00. The molecule has 11 heteroatoms. The van der Waals surface area contributed by atoms with Gasteiger partial charge in [0.2, 0.25) is 5.95 Å². The Morgan fingerprint density at radius 2 is 1.97 bits per heavy atom. The van der Waals surface area contributed by atoms with Crippen molar-refractivity contribution in [2.24, 2.45) is 0 Å². The molecule has 0 amide bonds. The third-order valence-corrected chi connectivity index (χ3v) is 5.56. The van der Waals surface area contributed by atoms with Crippen molar-refractivity contribution in [3.05, 3.63) is 63.6 Å². The summed E-state index contributed by atoms with van der Waals surface area (Å²) in [6.45, 7) is 3.82. The van der Waals surface area contributed by atoms with Crippen molar-refractivity contribution in [2.45, 2.75) is 19.1 Å². The summed E-state index contributed by atoms with van der Waals surface area (Å²) in [7, 11) is 0. The first-order valence-corrected chi connectivity index (χ1v) is 10.6. The minimum absolute atomic E-state index is 0. The highest BCUT2D eigenvalue weighted by molar-refractivity contribution is 7.98. The Morgan fingerprint density at radius 3 is 2.71 bits per heavy atom. The molecule has 0 bridgehead atoms. The largest absolute Gasteiger partial charge is 0.486 e. The summed E-state index contributed by atoms with van der Waals surface area (Å²) < 4.78 is 11.1. The lowest BCUT2D eigenvalue weighted by atomic mass is 10.1. The van der Waals surface area contributed by atoms with Crippen LogP contribution in [0.4, 0.5) is 5.95 Å². The molecule has 3 heterocycles. The molecule has 2 aromatic heterocycles. The van der Waals surface area contributed by atoms with Crippen LogP contribution in [0.5, 0.6) is 11.5 Å². The van der Waals surface area contributed by atoms with E-state index in [1.165, 1.54) is 0 Å². The van der Waals surface area contributed by atoms with Gasteiger partial charge in [0.05, 0.1) is 12.0 Å². The predicted octanol–water partition coefficient (Wildman–Crippen LogP) is 3.35. The fraction of sp³-hybridized carbons (Fsp3) is 0.350. The van der Waals surface area contributed by atoms with Gasteiger partial charge in [-0.3, -0.25) is 9.78 Å². The molecule has 4 rings (SSSR count). The highest BCUT2D eigenvalue weighted by Gasteiger charge is 2.13. The van der Waals surface area contributed by atoms with Crippen LogP contribution < -0.4 is 20.3 Å². The number of anilines is 1. The minimum Gasteiger partial charge on any atom is -0.486 e. The second kappa shape index (κ2) is 11.9. The summed E-state index contributed by atoms with van der Waals surface area (Å²) in [5.74, 6) is 3.69. The second-order valence-electron chi connectivity index (χ2n) is 6.69. The minimum atomic E-state index is -0.141. The maximum Gasteiger partial charge on any atom is 0.255 e. The van der Waals surface area contributed by atoms with Crippen LogP contribution in [0.15, 0.2) is 35.5 Å². The molecule has 0 unspecified atom stereocenters. The number of aromatic nitrogens is 4. The predicted molar refractivity (Wildman–Crippen MR) is 128 cm³/mol. The monoisotopic (exact) mass is 485 g/mol. The Balaban J connectivity index is 0.00000171. The number of ether oxygens (including phenoxy) is 2. The van der Waals surface area contributed by atoms with E-state index in [1.54, 1.807) is 24.3 Å². The Morgan fingerprint density at radius 1 is 1.16 bits per heavy atom. The van der Waals surface area contributed by atoms with Gasteiger partial charge >= 0.3 is 0 Å². The van der Waals surface area contributed by atoms with Gasteiger partial charge in [0.15, 0.2) is 11.5 Å². The number of nitrogens with one attached hydrogen (secondary N) is 3. The molecule has 0 saturated carbocycles. The van der Waals surface area contributed by atoms with E-state index in [2.05, 4.69) is 25.3 Å². The first-order chi connectivity index (χ1) is 14.2. The number of hydrogen-bond acceptors (Lipinski definition) is 7. The molecule has 0 fully saturated rings. The van der Waals surface area contributed by atoms with Crippen molar-refractivity contribution < 1.29 is 9.47 Å². The lowest BCUT2D eigenvalue weighted by molar-refractivity contribution is 0.171. The molecule has 0 aliphatic carbocycles. The lowest BCUT2D eigenvalue weighted by Crippen LogP contribution is -2.18. The smallest absolute Gasteiger partial charge is 0.255 e.